The predicted octanol–water partition coefficient (Wildman–Crippen LogP) is 2.78. The standard InChI is InChI=1S/C22H24N6O/c1-17-16-19(21(29)26(2)18-8-4-3-5-9-18)25-22(24-17)28-14-12-27(13-15-28)20-10-6-7-11-23-20/h3-11,16H,12-15H2,1-2H3. The van der Waals surface area contributed by atoms with E-state index in [1.165, 1.54) is 0 Å². The number of pyridine rings is 1. The average Bonchev–Trinajstić information content (AvgIpc) is 2.79. The van der Waals surface area contributed by atoms with Crippen molar-refractivity contribution >= 4 is 23.4 Å². The summed E-state index contributed by atoms with van der Waals surface area (Å²) in [5, 5.41) is 0. The molecule has 3 heterocycles. The molecule has 0 radical (unpaired) electrons. The largest absolute Gasteiger partial charge is 0.353 e. The van der Waals surface area contributed by atoms with Crippen molar-refractivity contribution in [3.05, 3.63) is 72.2 Å². The topological polar surface area (TPSA) is 65.5 Å². The van der Waals surface area contributed by atoms with Crippen molar-refractivity contribution in [2.75, 3.05) is 47.9 Å². The van der Waals surface area contributed by atoms with Crippen LogP contribution in [-0.4, -0.2) is 54.1 Å². The summed E-state index contributed by atoms with van der Waals surface area (Å²) in [5.41, 5.74) is 2.03. The highest BCUT2D eigenvalue weighted by atomic mass is 16.2. The Morgan fingerprint density at radius 2 is 1.62 bits per heavy atom. The third kappa shape index (κ3) is 4.18. The van der Waals surface area contributed by atoms with Crippen LogP contribution in [0.15, 0.2) is 60.8 Å². The Hall–Kier alpha value is -3.48. The van der Waals surface area contributed by atoms with Crippen LogP contribution in [0.5, 0.6) is 0 Å². The lowest BCUT2D eigenvalue weighted by Crippen LogP contribution is -2.47. The monoisotopic (exact) mass is 388 g/mol. The number of anilines is 3. The zero-order valence-corrected chi connectivity index (χ0v) is 16.7. The fourth-order valence-corrected chi connectivity index (χ4v) is 3.42. The highest BCUT2D eigenvalue weighted by Gasteiger charge is 2.22. The molecule has 148 valence electrons. The first-order valence-corrected chi connectivity index (χ1v) is 9.71. The quantitative estimate of drug-likeness (QED) is 0.685. The molecule has 29 heavy (non-hydrogen) atoms. The van der Waals surface area contributed by atoms with Crippen LogP contribution in [0.1, 0.15) is 16.2 Å². The summed E-state index contributed by atoms with van der Waals surface area (Å²) in [6, 6.07) is 17.3. The highest BCUT2D eigenvalue weighted by Crippen LogP contribution is 2.19. The number of para-hydroxylation sites is 1. The normalized spacial score (nSPS) is 14.0. The molecular weight excluding hydrogens is 364 g/mol. The molecule has 4 rings (SSSR count). The van der Waals surface area contributed by atoms with Crippen molar-refractivity contribution < 1.29 is 4.79 Å². The Bertz CT molecular complexity index is 971. The molecule has 7 heteroatoms. The van der Waals surface area contributed by atoms with Gasteiger partial charge in [0.05, 0.1) is 0 Å². The van der Waals surface area contributed by atoms with Gasteiger partial charge in [-0.3, -0.25) is 4.79 Å². The van der Waals surface area contributed by atoms with Gasteiger partial charge in [0.25, 0.3) is 5.91 Å². The van der Waals surface area contributed by atoms with E-state index in [9.17, 15) is 4.79 Å². The number of aryl methyl sites for hydroxylation is 1. The second-order valence-electron chi connectivity index (χ2n) is 7.06. The van der Waals surface area contributed by atoms with Gasteiger partial charge in [-0.1, -0.05) is 24.3 Å². The molecule has 0 saturated carbocycles. The van der Waals surface area contributed by atoms with Crippen LogP contribution in [0.4, 0.5) is 17.5 Å². The molecule has 1 saturated heterocycles. The molecule has 7 nitrogen and oxygen atoms in total. The first kappa shape index (κ1) is 18.9. The van der Waals surface area contributed by atoms with E-state index in [1.54, 1.807) is 18.0 Å². The summed E-state index contributed by atoms with van der Waals surface area (Å²) >= 11 is 0. The van der Waals surface area contributed by atoms with Gasteiger partial charge in [0.2, 0.25) is 5.95 Å². The van der Waals surface area contributed by atoms with Crippen LogP contribution in [0.3, 0.4) is 0 Å². The Morgan fingerprint density at radius 1 is 0.931 bits per heavy atom. The number of hydrogen-bond acceptors (Lipinski definition) is 6. The minimum Gasteiger partial charge on any atom is -0.353 e. The number of hydrogen-bond donors (Lipinski definition) is 0. The van der Waals surface area contributed by atoms with Crippen molar-refractivity contribution in [1.29, 1.82) is 0 Å². The molecule has 1 fully saturated rings. The van der Waals surface area contributed by atoms with E-state index in [2.05, 4.69) is 24.8 Å². The van der Waals surface area contributed by atoms with Gasteiger partial charge in [-0.2, -0.15) is 0 Å². The number of rotatable bonds is 4. The molecule has 0 aliphatic carbocycles. The summed E-state index contributed by atoms with van der Waals surface area (Å²) < 4.78 is 0. The van der Waals surface area contributed by atoms with Gasteiger partial charge in [0.15, 0.2) is 0 Å². The summed E-state index contributed by atoms with van der Waals surface area (Å²) in [7, 11) is 1.76. The number of nitrogens with zero attached hydrogens (tertiary/aromatic N) is 6. The third-order valence-corrected chi connectivity index (χ3v) is 5.05. The van der Waals surface area contributed by atoms with Crippen molar-refractivity contribution in [3.63, 3.8) is 0 Å². The molecular formula is C22H24N6O. The summed E-state index contributed by atoms with van der Waals surface area (Å²) in [4.78, 5) is 32.6. The average molecular weight is 388 g/mol. The first-order chi connectivity index (χ1) is 14.1. The number of benzene rings is 1. The maximum absolute atomic E-state index is 13.0. The first-order valence-electron chi connectivity index (χ1n) is 9.71. The van der Waals surface area contributed by atoms with Gasteiger partial charge in [0, 0.05) is 50.8 Å². The number of piperazine rings is 1. The van der Waals surface area contributed by atoms with E-state index < -0.39 is 0 Å². The summed E-state index contributed by atoms with van der Waals surface area (Å²) in [6.07, 6.45) is 1.81. The van der Waals surface area contributed by atoms with Crippen molar-refractivity contribution in [1.82, 2.24) is 15.0 Å². The number of aromatic nitrogens is 3. The lowest BCUT2D eigenvalue weighted by molar-refractivity contribution is 0.0988. The molecule has 0 N–H and O–H groups in total. The maximum Gasteiger partial charge on any atom is 0.276 e. The van der Waals surface area contributed by atoms with Crippen molar-refractivity contribution in [3.8, 4) is 0 Å². The summed E-state index contributed by atoms with van der Waals surface area (Å²) in [6.45, 7) is 5.13. The van der Waals surface area contributed by atoms with Crippen LogP contribution >= 0.6 is 0 Å². The second-order valence-corrected chi connectivity index (χ2v) is 7.06. The number of carbonyl (C=O) groups is 1. The molecule has 1 aromatic carbocycles. The molecule has 1 aliphatic rings. The van der Waals surface area contributed by atoms with E-state index in [1.807, 2.05) is 61.7 Å². The lowest BCUT2D eigenvalue weighted by Gasteiger charge is -2.35. The minimum atomic E-state index is -0.143. The van der Waals surface area contributed by atoms with Crippen LogP contribution in [0.25, 0.3) is 0 Å². The van der Waals surface area contributed by atoms with Crippen molar-refractivity contribution in [2.45, 2.75) is 6.92 Å². The number of amides is 1. The van der Waals surface area contributed by atoms with Gasteiger partial charge in [-0.25, -0.2) is 15.0 Å². The van der Waals surface area contributed by atoms with Gasteiger partial charge in [-0.15, -0.1) is 0 Å². The smallest absolute Gasteiger partial charge is 0.276 e. The molecule has 0 unspecified atom stereocenters. The van der Waals surface area contributed by atoms with Crippen LogP contribution in [0, 0.1) is 6.92 Å². The van der Waals surface area contributed by atoms with Crippen LogP contribution < -0.4 is 14.7 Å². The van der Waals surface area contributed by atoms with E-state index in [0.717, 1.165) is 43.4 Å². The van der Waals surface area contributed by atoms with Gasteiger partial charge in [-0.05, 0) is 37.3 Å². The highest BCUT2D eigenvalue weighted by molar-refractivity contribution is 6.04. The SMILES string of the molecule is Cc1cc(C(=O)N(C)c2ccccc2)nc(N2CCN(c3ccccn3)CC2)n1. The van der Waals surface area contributed by atoms with Crippen LogP contribution in [-0.2, 0) is 0 Å². The Balaban J connectivity index is 1.50. The van der Waals surface area contributed by atoms with E-state index in [4.69, 9.17) is 0 Å². The van der Waals surface area contributed by atoms with Gasteiger partial charge < -0.3 is 14.7 Å². The molecule has 1 aliphatic heterocycles. The zero-order chi connectivity index (χ0) is 20.2. The van der Waals surface area contributed by atoms with Gasteiger partial charge >= 0.3 is 0 Å². The number of carbonyl (C=O) groups excluding carboxylic acids is 1. The predicted molar refractivity (Wildman–Crippen MR) is 115 cm³/mol. The Kier molecular flexibility index (Phi) is 5.37. The van der Waals surface area contributed by atoms with E-state index in [-0.39, 0.29) is 5.91 Å². The maximum atomic E-state index is 13.0. The fraction of sp³-hybridized carbons (Fsp3) is 0.273. The molecule has 3 aromatic rings. The summed E-state index contributed by atoms with van der Waals surface area (Å²) in [5.74, 6) is 1.45. The fourth-order valence-electron chi connectivity index (χ4n) is 3.42. The van der Waals surface area contributed by atoms with Crippen LogP contribution in [0.2, 0.25) is 0 Å². The molecule has 2 aromatic heterocycles. The lowest BCUT2D eigenvalue weighted by atomic mass is 10.2. The van der Waals surface area contributed by atoms with E-state index in [0.29, 0.717) is 11.6 Å². The minimum absolute atomic E-state index is 0.143. The zero-order valence-electron chi connectivity index (χ0n) is 16.7. The molecule has 1 amide bonds. The Morgan fingerprint density at radius 3 is 2.31 bits per heavy atom. The van der Waals surface area contributed by atoms with E-state index >= 15 is 0 Å². The van der Waals surface area contributed by atoms with Gasteiger partial charge in [0.1, 0.15) is 11.5 Å². The molecule has 0 atom stereocenters. The van der Waals surface area contributed by atoms with Crippen molar-refractivity contribution in [2.24, 2.45) is 0 Å². The molecule has 0 spiro atoms. The second kappa shape index (κ2) is 8.26. The molecule has 0 bridgehead atoms. The Labute approximate surface area is 170 Å². The third-order valence-electron chi connectivity index (χ3n) is 5.05.